The Morgan fingerprint density at radius 2 is 1.58 bits per heavy atom. The summed E-state index contributed by atoms with van der Waals surface area (Å²) in [6, 6.07) is 26.7. The van der Waals surface area contributed by atoms with Gasteiger partial charge < -0.3 is 9.57 Å². The molecule has 0 unspecified atom stereocenters. The molecular formula is C31H24Cl2N2O3. The first kappa shape index (κ1) is 25.8. The highest BCUT2D eigenvalue weighted by Crippen LogP contribution is 2.32. The highest BCUT2D eigenvalue weighted by Gasteiger charge is 2.15. The van der Waals surface area contributed by atoms with Crippen LogP contribution in [0.1, 0.15) is 28.8 Å². The Hall–Kier alpha value is -3.80. The molecule has 0 bridgehead atoms. The lowest BCUT2D eigenvalue weighted by molar-refractivity contribution is 0.0741. The molecule has 0 saturated heterocycles. The molecule has 0 saturated carbocycles. The Kier molecular flexibility index (Phi) is 7.68. The molecule has 38 heavy (non-hydrogen) atoms. The van der Waals surface area contributed by atoms with E-state index in [1.54, 1.807) is 25.3 Å². The lowest BCUT2D eigenvalue weighted by Crippen LogP contribution is -2.14. The van der Waals surface area contributed by atoms with Gasteiger partial charge in [0.15, 0.2) is 5.78 Å². The van der Waals surface area contributed by atoms with Crippen LogP contribution in [0.15, 0.2) is 84.9 Å². The predicted octanol–water partition coefficient (Wildman–Crippen LogP) is 7.99. The average molecular weight is 543 g/mol. The molecule has 5 aromatic rings. The lowest BCUT2D eigenvalue weighted by atomic mass is 10.0. The van der Waals surface area contributed by atoms with E-state index in [1.807, 2.05) is 60.7 Å². The smallest absolute Gasteiger partial charge is 0.162 e. The second kappa shape index (κ2) is 11.3. The number of halogens is 2. The zero-order chi connectivity index (χ0) is 26.6. The molecular weight excluding hydrogens is 519 g/mol. The van der Waals surface area contributed by atoms with Crippen molar-refractivity contribution in [1.82, 2.24) is 9.94 Å². The van der Waals surface area contributed by atoms with E-state index in [0.29, 0.717) is 34.1 Å². The standard InChI is InChI=1S/C31H24Cl2N2O3/c1-3-4-31(36)21-7-5-20(6-8-21)19-38-35-30(18-29(34-35)25-14-26(32)17-27(33)15-25)24-10-9-23-16-28(37-2)12-11-22(23)13-24/h1,5-18H,3-4,19H2,2H3. The van der Waals surface area contributed by atoms with Crippen molar-refractivity contribution in [2.75, 3.05) is 7.11 Å². The Morgan fingerprint density at radius 1 is 0.868 bits per heavy atom. The molecule has 0 amide bonds. The van der Waals surface area contributed by atoms with Crippen LogP contribution in [-0.4, -0.2) is 22.8 Å². The van der Waals surface area contributed by atoms with Gasteiger partial charge >= 0.3 is 0 Å². The summed E-state index contributed by atoms with van der Waals surface area (Å²) in [6.07, 6.45) is 0.648. The summed E-state index contributed by atoms with van der Waals surface area (Å²) in [5.74, 6) is 0.822. The van der Waals surface area contributed by atoms with E-state index in [-0.39, 0.29) is 12.4 Å². The molecule has 190 valence electrons. The van der Waals surface area contributed by atoms with Crippen molar-refractivity contribution in [3.8, 4) is 28.3 Å². The lowest BCUT2D eigenvalue weighted by Gasteiger charge is -2.11. The van der Waals surface area contributed by atoms with Gasteiger partial charge in [0.1, 0.15) is 18.1 Å². The van der Waals surface area contributed by atoms with Gasteiger partial charge in [-0.25, -0.2) is 0 Å². The first-order valence-electron chi connectivity index (χ1n) is 12.0. The number of rotatable bonds is 9. The minimum Gasteiger partial charge on any atom is -0.497 e. The van der Waals surface area contributed by atoms with Crippen molar-refractivity contribution in [1.29, 1.82) is 0 Å². The largest absolute Gasteiger partial charge is 0.497 e. The van der Waals surface area contributed by atoms with Gasteiger partial charge in [-0.05, 0) is 72.1 Å². The molecule has 4 aromatic carbocycles. The number of carbonyl (C=O) groups excluding carboxylic acids is 1. The summed E-state index contributed by atoms with van der Waals surface area (Å²) < 4.78 is 5.35. The maximum atomic E-state index is 12.1. The van der Waals surface area contributed by atoms with Crippen molar-refractivity contribution in [3.63, 3.8) is 0 Å². The quantitative estimate of drug-likeness (QED) is 0.177. The average Bonchev–Trinajstić information content (AvgIpc) is 3.35. The number of fused-ring (bicyclic) bond motifs is 1. The molecule has 2 radical (unpaired) electrons. The van der Waals surface area contributed by atoms with E-state index in [1.165, 1.54) is 4.85 Å². The molecule has 7 heteroatoms. The topological polar surface area (TPSA) is 53.4 Å². The normalized spacial score (nSPS) is 11.1. The third-order valence-electron chi connectivity index (χ3n) is 6.18. The fraction of sp³-hybridized carbons (Fsp3) is 0.129. The van der Waals surface area contributed by atoms with E-state index in [2.05, 4.69) is 6.07 Å². The Bertz CT molecular complexity index is 1590. The number of ketones is 1. The number of methoxy groups -OCH3 is 1. The molecule has 0 aliphatic carbocycles. The van der Waals surface area contributed by atoms with E-state index in [0.717, 1.165) is 38.9 Å². The van der Waals surface area contributed by atoms with E-state index in [4.69, 9.17) is 44.8 Å². The van der Waals surface area contributed by atoms with Crippen LogP contribution in [0.3, 0.4) is 0 Å². The molecule has 5 rings (SSSR count). The van der Waals surface area contributed by atoms with Crippen LogP contribution in [0.4, 0.5) is 0 Å². The van der Waals surface area contributed by atoms with Crippen molar-refractivity contribution in [3.05, 3.63) is 113 Å². The second-order valence-electron chi connectivity index (χ2n) is 8.81. The van der Waals surface area contributed by atoms with Crippen LogP contribution >= 0.6 is 23.2 Å². The van der Waals surface area contributed by atoms with Crippen molar-refractivity contribution < 1.29 is 14.4 Å². The monoisotopic (exact) mass is 542 g/mol. The second-order valence-corrected chi connectivity index (χ2v) is 9.68. The SMILES string of the molecule is [CH]CCC(=O)c1ccc(COn2nc(-c3cc(Cl)cc(Cl)c3)cc2-c2ccc3cc(OC)ccc3c2)cc1. The van der Waals surface area contributed by atoms with Crippen molar-refractivity contribution >= 4 is 39.8 Å². The summed E-state index contributed by atoms with van der Waals surface area (Å²) in [7, 11) is 1.65. The summed E-state index contributed by atoms with van der Waals surface area (Å²) in [6.45, 7) is 5.75. The fourth-order valence-corrected chi connectivity index (χ4v) is 4.73. The Labute approximate surface area is 231 Å². The highest BCUT2D eigenvalue weighted by atomic mass is 35.5. The number of hydrogen-bond donors (Lipinski definition) is 0. The van der Waals surface area contributed by atoms with Gasteiger partial charge in [-0.15, -0.1) is 5.10 Å². The first-order chi connectivity index (χ1) is 18.4. The van der Waals surface area contributed by atoms with E-state index >= 15 is 0 Å². The van der Waals surface area contributed by atoms with Crippen molar-refractivity contribution in [2.45, 2.75) is 19.4 Å². The van der Waals surface area contributed by atoms with Crippen LogP contribution in [0.25, 0.3) is 33.3 Å². The maximum absolute atomic E-state index is 12.1. The van der Waals surface area contributed by atoms with E-state index < -0.39 is 0 Å². The van der Waals surface area contributed by atoms with Gasteiger partial charge in [0, 0.05) is 33.2 Å². The first-order valence-corrected chi connectivity index (χ1v) is 12.8. The van der Waals surface area contributed by atoms with Crippen LogP contribution in [0, 0.1) is 6.92 Å². The molecule has 5 nitrogen and oxygen atoms in total. The third-order valence-corrected chi connectivity index (χ3v) is 6.62. The van der Waals surface area contributed by atoms with Gasteiger partial charge in [-0.2, -0.15) is 0 Å². The third kappa shape index (κ3) is 5.69. The van der Waals surface area contributed by atoms with Crippen LogP contribution in [0.5, 0.6) is 5.75 Å². The van der Waals surface area contributed by atoms with Crippen molar-refractivity contribution in [2.24, 2.45) is 0 Å². The molecule has 0 spiro atoms. The van der Waals surface area contributed by atoms with Gasteiger partial charge in [-0.3, -0.25) is 4.79 Å². The zero-order valence-corrected chi connectivity index (χ0v) is 22.2. The fourth-order valence-electron chi connectivity index (χ4n) is 4.21. The minimum atomic E-state index is 0.0214. The van der Waals surface area contributed by atoms with Crippen LogP contribution in [-0.2, 0) is 6.61 Å². The summed E-state index contributed by atoms with van der Waals surface area (Å²) >= 11 is 12.5. The Balaban J connectivity index is 1.49. The van der Waals surface area contributed by atoms with Gasteiger partial charge in [0.05, 0.1) is 12.8 Å². The molecule has 1 aromatic heterocycles. The number of carbonyl (C=O) groups is 1. The molecule has 0 N–H and O–H groups in total. The molecule has 0 atom stereocenters. The zero-order valence-electron chi connectivity index (χ0n) is 20.7. The number of Topliss-reactive ketones (excluding diaryl/α,β-unsaturated/α-hetero) is 1. The maximum Gasteiger partial charge on any atom is 0.162 e. The van der Waals surface area contributed by atoms with Gasteiger partial charge in [-0.1, -0.05) is 70.5 Å². The molecule has 0 fully saturated rings. The van der Waals surface area contributed by atoms with Crippen LogP contribution in [0.2, 0.25) is 10.0 Å². The molecule has 0 aliphatic rings. The molecule has 1 heterocycles. The summed E-state index contributed by atoms with van der Waals surface area (Å²) in [5.41, 5.74) is 4.67. The predicted molar refractivity (Wildman–Crippen MR) is 152 cm³/mol. The van der Waals surface area contributed by atoms with Gasteiger partial charge in [0.25, 0.3) is 0 Å². The van der Waals surface area contributed by atoms with Crippen LogP contribution < -0.4 is 9.57 Å². The number of hydrogen-bond acceptors (Lipinski definition) is 4. The van der Waals surface area contributed by atoms with E-state index in [9.17, 15) is 4.79 Å². The minimum absolute atomic E-state index is 0.0214. The number of ether oxygens (including phenoxy) is 1. The highest BCUT2D eigenvalue weighted by molar-refractivity contribution is 6.35. The Morgan fingerprint density at radius 3 is 2.29 bits per heavy atom. The number of nitrogens with zero attached hydrogens (tertiary/aromatic N) is 2. The van der Waals surface area contributed by atoms with Gasteiger partial charge in [0.2, 0.25) is 0 Å². The summed E-state index contributed by atoms with van der Waals surface area (Å²) in [5, 5.41) is 7.88. The summed E-state index contributed by atoms with van der Waals surface area (Å²) in [4.78, 5) is 19.8. The number of benzene rings is 4. The molecule has 0 aliphatic heterocycles. The number of aromatic nitrogens is 2.